The van der Waals surface area contributed by atoms with Gasteiger partial charge in [-0.1, -0.05) is 6.92 Å². The van der Waals surface area contributed by atoms with Gasteiger partial charge >= 0.3 is 0 Å². The molecule has 0 aliphatic heterocycles. The molecule has 0 spiro atoms. The Morgan fingerprint density at radius 1 is 1.62 bits per heavy atom. The Hall–Kier alpha value is -0.830. The molecular formula is C10H16N2O. The highest BCUT2D eigenvalue weighted by Gasteiger charge is 2.24. The van der Waals surface area contributed by atoms with E-state index in [-0.39, 0.29) is 6.61 Å². The smallest absolute Gasteiger partial charge is 0.109 e. The van der Waals surface area contributed by atoms with Gasteiger partial charge in [0.15, 0.2) is 0 Å². The minimum Gasteiger partial charge on any atom is -0.390 e. The van der Waals surface area contributed by atoms with Crippen LogP contribution in [0.1, 0.15) is 43.6 Å². The number of rotatable bonds is 2. The molecule has 1 heterocycles. The van der Waals surface area contributed by atoms with Crippen molar-refractivity contribution in [2.45, 2.75) is 38.7 Å². The Labute approximate surface area is 78.2 Å². The maximum absolute atomic E-state index is 8.87. The molecule has 1 aliphatic rings. The molecule has 3 heteroatoms. The molecule has 0 radical (unpaired) electrons. The summed E-state index contributed by atoms with van der Waals surface area (Å²) in [5.74, 6) is 2.48. The number of hydrogen-bond donors (Lipinski definition) is 2. The van der Waals surface area contributed by atoms with E-state index in [1.54, 1.807) is 6.20 Å². The van der Waals surface area contributed by atoms with Gasteiger partial charge in [0.05, 0.1) is 18.5 Å². The predicted octanol–water partition coefficient (Wildman–Crippen LogP) is 1.81. The van der Waals surface area contributed by atoms with Crippen LogP contribution in [0.25, 0.3) is 0 Å². The van der Waals surface area contributed by atoms with Crippen molar-refractivity contribution >= 4 is 0 Å². The maximum atomic E-state index is 8.87. The summed E-state index contributed by atoms with van der Waals surface area (Å²) >= 11 is 0. The number of H-pyrrole nitrogens is 1. The van der Waals surface area contributed by atoms with E-state index in [9.17, 15) is 0 Å². The highest BCUT2D eigenvalue weighted by atomic mass is 16.3. The molecule has 3 nitrogen and oxygen atoms in total. The molecule has 2 rings (SSSR count). The number of imidazole rings is 1. The van der Waals surface area contributed by atoms with Crippen molar-refractivity contribution in [3.8, 4) is 0 Å². The van der Waals surface area contributed by atoms with E-state index in [1.165, 1.54) is 19.3 Å². The van der Waals surface area contributed by atoms with Gasteiger partial charge < -0.3 is 10.1 Å². The first-order valence-corrected chi connectivity index (χ1v) is 4.94. The van der Waals surface area contributed by atoms with Crippen molar-refractivity contribution in [1.29, 1.82) is 0 Å². The van der Waals surface area contributed by atoms with Crippen LogP contribution >= 0.6 is 0 Å². The average Bonchev–Trinajstić information content (AvgIpc) is 2.71. The molecule has 1 aliphatic carbocycles. The highest BCUT2D eigenvalue weighted by molar-refractivity contribution is 5.06. The quantitative estimate of drug-likeness (QED) is 0.729. The van der Waals surface area contributed by atoms with Gasteiger partial charge in [0.2, 0.25) is 0 Å². The number of aliphatic hydroxyl groups is 1. The van der Waals surface area contributed by atoms with Crippen molar-refractivity contribution in [1.82, 2.24) is 9.97 Å². The van der Waals surface area contributed by atoms with Crippen LogP contribution in [0.15, 0.2) is 6.20 Å². The molecule has 72 valence electrons. The number of nitrogens with zero attached hydrogens (tertiary/aromatic N) is 1. The van der Waals surface area contributed by atoms with Crippen LogP contribution in [-0.4, -0.2) is 15.1 Å². The third kappa shape index (κ3) is 1.75. The van der Waals surface area contributed by atoms with Crippen molar-refractivity contribution in [2.24, 2.45) is 5.92 Å². The molecule has 1 fully saturated rings. The van der Waals surface area contributed by atoms with Gasteiger partial charge in [-0.3, -0.25) is 0 Å². The van der Waals surface area contributed by atoms with Crippen LogP contribution in [0.2, 0.25) is 0 Å². The van der Waals surface area contributed by atoms with Gasteiger partial charge in [-0.15, -0.1) is 0 Å². The first kappa shape index (κ1) is 8.75. The number of hydrogen-bond acceptors (Lipinski definition) is 2. The van der Waals surface area contributed by atoms with Gasteiger partial charge in [-0.25, -0.2) is 4.98 Å². The summed E-state index contributed by atoms with van der Waals surface area (Å²) in [5.41, 5.74) is 0.828. The van der Waals surface area contributed by atoms with E-state index in [2.05, 4.69) is 16.9 Å². The Morgan fingerprint density at radius 3 is 3.00 bits per heavy atom. The molecule has 2 atom stereocenters. The summed E-state index contributed by atoms with van der Waals surface area (Å²) in [6, 6.07) is 0. The zero-order valence-electron chi connectivity index (χ0n) is 7.95. The fraction of sp³-hybridized carbons (Fsp3) is 0.700. The lowest BCUT2D eigenvalue weighted by Crippen LogP contribution is -1.96. The summed E-state index contributed by atoms with van der Waals surface area (Å²) in [6.45, 7) is 2.35. The average molecular weight is 180 g/mol. The lowest BCUT2D eigenvalue weighted by Gasteiger charge is -2.04. The molecule has 0 bridgehead atoms. The normalized spacial score (nSPS) is 28.2. The predicted molar refractivity (Wildman–Crippen MR) is 50.3 cm³/mol. The van der Waals surface area contributed by atoms with Crippen molar-refractivity contribution < 1.29 is 5.11 Å². The van der Waals surface area contributed by atoms with Crippen LogP contribution in [-0.2, 0) is 6.61 Å². The molecule has 0 saturated heterocycles. The second-order valence-corrected chi connectivity index (χ2v) is 4.07. The molecule has 2 N–H and O–H groups in total. The summed E-state index contributed by atoms with van der Waals surface area (Å²) in [7, 11) is 0. The molecule has 0 aromatic carbocycles. The minimum absolute atomic E-state index is 0.0648. The van der Waals surface area contributed by atoms with E-state index in [0.29, 0.717) is 5.92 Å². The topological polar surface area (TPSA) is 48.9 Å². The van der Waals surface area contributed by atoms with E-state index in [4.69, 9.17) is 5.11 Å². The van der Waals surface area contributed by atoms with E-state index in [1.807, 2.05) is 0 Å². The van der Waals surface area contributed by atoms with E-state index in [0.717, 1.165) is 17.4 Å². The highest BCUT2D eigenvalue weighted by Crippen LogP contribution is 2.36. The zero-order chi connectivity index (χ0) is 9.26. The Bertz CT molecular complexity index is 282. The van der Waals surface area contributed by atoms with Gasteiger partial charge in [0.1, 0.15) is 5.82 Å². The minimum atomic E-state index is 0.0648. The van der Waals surface area contributed by atoms with Crippen molar-refractivity contribution in [3.63, 3.8) is 0 Å². The molecule has 0 amide bonds. The number of aromatic amines is 1. The molecule has 2 unspecified atom stereocenters. The Morgan fingerprint density at radius 2 is 2.46 bits per heavy atom. The largest absolute Gasteiger partial charge is 0.390 e. The van der Waals surface area contributed by atoms with Crippen molar-refractivity contribution in [3.05, 3.63) is 17.7 Å². The second kappa shape index (κ2) is 3.50. The van der Waals surface area contributed by atoms with Gasteiger partial charge in [-0.05, 0) is 25.2 Å². The number of aliphatic hydroxyl groups excluding tert-OH is 1. The first-order valence-electron chi connectivity index (χ1n) is 4.94. The van der Waals surface area contributed by atoms with Gasteiger partial charge in [0.25, 0.3) is 0 Å². The van der Waals surface area contributed by atoms with Crippen LogP contribution in [0, 0.1) is 5.92 Å². The molecule has 1 aromatic heterocycles. The fourth-order valence-electron chi connectivity index (χ4n) is 2.12. The summed E-state index contributed by atoms with van der Waals surface area (Å²) in [4.78, 5) is 7.45. The van der Waals surface area contributed by atoms with Crippen LogP contribution in [0.5, 0.6) is 0 Å². The zero-order valence-corrected chi connectivity index (χ0v) is 7.95. The first-order chi connectivity index (χ1) is 6.29. The number of nitrogens with one attached hydrogen (secondary N) is 1. The molecular weight excluding hydrogens is 164 g/mol. The van der Waals surface area contributed by atoms with Crippen LogP contribution in [0.3, 0.4) is 0 Å². The standard InChI is InChI=1S/C10H16N2O/c1-7-2-3-8(4-7)10-11-5-9(6-13)12-10/h5,7-8,13H,2-4,6H2,1H3,(H,11,12). The molecule has 1 aromatic rings. The monoisotopic (exact) mass is 180 g/mol. The lowest BCUT2D eigenvalue weighted by molar-refractivity contribution is 0.277. The SMILES string of the molecule is CC1CCC(c2ncc(CO)[nH]2)C1. The molecule has 13 heavy (non-hydrogen) atoms. The van der Waals surface area contributed by atoms with Gasteiger partial charge in [0, 0.05) is 5.92 Å². The second-order valence-electron chi connectivity index (χ2n) is 4.07. The number of aromatic nitrogens is 2. The third-order valence-corrected chi connectivity index (χ3v) is 2.90. The summed E-state index contributed by atoms with van der Waals surface area (Å²) in [6.07, 6.45) is 5.51. The van der Waals surface area contributed by atoms with E-state index >= 15 is 0 Å². The lowest BCUT2D eigenvalue weighted by atomic mass is 10.1. The van der Waals surface area contributed by atoms with Crippen molar-refractivity contribution in [2.75, 3.05) is 0 Å². The fourth-order valence-corrected chi connectivity index (χ4v) is 2.12. The third-order valence-electron chi connectivity index (χ3n) is 2.90. The summed E-state index contributed by atoms with van der Waals surface area (Å²) < 4.78 is 0. The molecule has 1 saturated carbocycles. The summed E-state index contributed by atoms with van der Waals surface area (Å²) in [5, 5.41) is 8.87. The maximum Gasteiger partial charge on any atom is 0.109 e. The van der Waals surface area contributed by atoms with Gasteiger partial charge in [-0.2, -0.15) is 0 Å². The van der Waals surface area contributed by atoms with Crippen LogP contribution in [0.4, 0.5) is 0 Å². The Balaban J connectivity index is 2.08. The Kier molecular flexibility index (Phi) is 2.36. The van der Waals surface area contributed by atoms with E-state index < -0.39 is 0 Å². The van der Waals surface area contributed by atoms with Crippen LogP contribution < -0.4 is 0 Å².